The minimum Gasteiger partial charge on any atom is -0.492 e. The molecule has 0 bridgehead atoms. The van der Waals surface area contributed by atoms with Crippen molar-refractivity contribution in [3.8, 4) is 5.75 Å². The highest BCUT2D eigenvalue weighted by molar-refractivity contribution is 5.88. The lowest BCUT2D eigenvalue weighted by molar-refractivity contribution is -0.915. The summed E-state index contributed by atoms with van der Waals surface area (Å²) in [4.78, 5) is 1.75. The Kier molecular flexibility index (Phi) is 5.22. The van der Waals surface area contributed by atoms with E-state index in [9.17, 15) is 0 Å². The molecule has 2 aromatic carbocycles. The molecule has 2 nitrogen and oxygen atoms in total. The summed E-state index contributed by atoms with van der Waals surface area (Å²) in [6, 6.07) is 14.8. The molecule has 0 aliphatic carbocycles. The van der Waals surface area contributed by atoms with Crippen LogP contribution >= 0.6 is 0 Å². The number of ether oxygens (including phenoxy) is 1. The molecule has 0 aromatic heterocycles. The van der Waals surface area contributed by atoms with Crippen molar-refractivity contribution >= 4 is 10.8 Å². The van der Waals surface area contributed by atoms with E-state index in [2.05, 4.69) is 63.2 Å². The van der Waals surface area contributed by atoms with Gasteiger partial charge in [0, 0.05) is 23.1 Å². The van der Waals surface area contributed by atoms with Crippen LogP contribution in [0.5, 0.6) is 5.75 Å². The van der Waals surface area contributed by atoms with Gasteiger partial charge in [-0.1, -0.05) is 57.2 Å². The molecule has 1 aliphatic rings. The van der Waals surface area contributed by atoms with Crippen LogP contribution in [0.4, 0.5) is 0 Å². The van der Waals surface area contributed by atoms with Crippen LogP contribution in [-0.4, -0.2) is 26.2 Å². The van der Waals surface area contributed by atoms with Crippen LogP contribution in [0, 0.1) is 17.8 Å². The van der Waals surface area contributed by atoms with Gasteiger partial charge in [0.15, 0.2) is 0 Å². The number of fused-ring (bicyclic) bond motifs is 1. The van der Waals surface area contributed by atoms with E-state index in [0.29, 0.717) is 5.92 Å². The van der Waals surface area contributed by atoms with E-state index in [0.717, 1.165) is 24.2 Å². The number of rotatable bonds is 5. The summed E-state index contributed by atoms with van der Waals surface area (Å²) >= 11 is 0. The number of quaternary nitrogens is 1. The predicted molar refractivity (Wildman–Crippen MR) is 97.1 cm³/mol. The second kappa shape index (κ2) is 7.35. The number of nitrogens with one attached hydrogen (secondary N) is 1. The summed E-state index contributed by atoms with van der Waals surface area (Å²) in [6.45, 7) is 11.8. The summed E-state index contributed by atoms with van der Waals surface area (Å²) in [5.74, 6) is 3.33. The summed E-state index contributed by atoms with van der Waals surface area (Å²) in [5, 5.41) is 2.47. The van der Waals surface area contributed by atoms with Crippen LogP contribution in [0.3, 0.4) is 0 Å². The van der Waals surface area contributed by atoms with Crippen molar-refractivity contribution in [3.63, 3.8) is 0 Å². The van der Waals surface area contributed by atoms with E-state index in [1.165, 1.54) is 36.8 Å². The van der Waals surface area contributed by atoms with Crippen LogP contribution in [0.25, 0.3) is 10.8 Å². The van der Waals surface area contributed by atoms with Crippen LogP contribution < -0.4 is 9.64 Å². The van der Waals surface area contributed by atoms with Gasteiger partial charge in [0.1, 0.15) is 5.75 Å². The van der Waals surface area contributed by atoms with Gasteiger partial charge < -0.3 is 9.64 Å². The van der Waals surface area contributed by atoms with E-state index >= 15 is 0 Å². The van der Waals surface area contributed by atoms with Crippen molar-refractivity contribution < 1.29 is 9.64 Å². The average molecular weight is 312 g/mol. The monoisotopic (exact) mass is 312 g/mol. The molecule has 0 radical (unpaired) electrons. The molecule has 1 aliphatic heterocycles. The molecule has 23 heavy (non-hydrogen) atoms. The van der Waals surface area contributed by atoms with Gasteiger partial charge in [0.2, 0.25) is 0 Å². The average Bonchev–Trinajstić information content (AvgIpc) is 2.52. The number of benzene rings is 2. The summed E-state index contributed by atoms with van der Waals surface area (Å²) in [5.41, 5.74) is 0. The van der Waals surface area contributed by atoms with Crippen molar-refractivity contribution in [1.29, 1.82) is 0 Å². The molecule has 1 fully saturated rings. The van der Waals surface area contributed by atoms with Crippen LogP contribution in [0.15, 0.2) is 42.5 Å². The van der Waals surface area contributed by atoms with Gasteiger partial charge in [-0.15, -0.1) is 0 Å². The Bertz CT molecular complexity index is 623. The molecule has 0 amide bonds. The zero-order valence-corrected chi connectivity index (χ0v) is 14.7. The van der Waals surface area contributed by atoms with Gasteiger partial charge in [0.25, 0.3) is 0 Å². The topological polar surface area (TPSA) is 13.7 Å². The number of hydrogen-bond acceptors (Lipinski definition) is 1. The molecule has 0 unspecified atom stereocenters. The molecule has 2 aromatic rings. The summed E-state index contributed by atoms with van der Waals surface area (Å²) in [7, 11) is 0. The van der Waals surface area contributed by atoms with Crippen LogP contribution in [0.1, 0.15) is 27.2 Å². The highest BCUT2D eigenvalue weighted by atomic mass is 16.5. The first-order valence-electron chi connectivity index (χ1n) is 9.06. The maximum atomic E-state index is 6.16. The van der Waals surface area contributed by atoms with Crippen molar-refractivity contribution in [2.45, 2.75) is 27.2 Å². The molecule has 3 atom stereocenters. The van der Waals surface area contributed by atoms with E-state index < -0.39 is 0 Å². The molecule has 1 heterocycles. The van der Waals surface area contributed by atoms with Crippen molar-refractivity contribution in [3.05, 3.63) is 42.5 Å². The minimum absolute atomic E-state index is 0.585. The fraction of sp³-hybridized carbons (Fsp3) is 0.524. The molecule has 1 N–H and O–H groups in total. The highest BCUT2D eigenvalue weighted by Crippen LogP contribution is 2.25. The van der Waals surface area contributed by atoms with Gasteiger partial charge >= 0.3 is 0 Å². The number of piperidine rings is 1. The summed E-state index contributed by atoms with van der Waals surface area (Å²) < 4.78 is 6.16. The number of hydrogen-bond donors (Lipinski definition) is 1. The molecule has 124 valence electrons. The van der Waals surface area contributed by atoms with Gasteiger partial charge in [-0.2, -0.15) is 0 Å². The molecular formula is C21H30NO+. The maximum absolute atomic E-state index is 6.16. The Hall–Kier alpha value is -1.54. The normalized spacial score (nSPS) is 26.1. The van der Waals surface area contributed by atoms with Crippen molar-refractivity contribution in [2.24, 2.45) is 17.8 Å². The van der Waals surface area contributed by atoms with Crippen molar-refractivity contribution in [1.82, 2.24) is 0 Å². The molecule has 3 rings (SSSR count). The lowest BCUT2D eigenvalue weighted by atomic mass is 9.91. The van der Waals surface area contributed by atoms with Crippen molar-refractivity contribution in [2.75, 3.05) is 26.2 Å². The van der Waals surface area contributed by atoms with E-state index in [1.807, 2.05) is 0 Å². The second-order valence-electron chi connectivity index (χ2n) is 7.70. The quantitative estimate of drug-likeness (QED) is 0.893. The highest BCUT2D eigenvalue weighted by Gasteiger charge is 2.26. The summed E-state index contributed by atoms with van der Waals surface area (Å²) in [6.07, 6.45) is 1.39. The van der Waals surface area contributed by atoms with Gasteiger partial charge in [-0.3, -0.25) is 0 Å². The zero-order valence-electron chi connectivity index (χ0n) is 14.7. The van der Waals surface area contributed by atoms with Crippen LogP contribution in [0.2, 0.25) is 0 Å². The van der Waals surface area contributed by atoms with Crippen LogP contribution in [-0.2, 0) is 0 Å². The SMILES string of the molecule is C[C@@H](COc1cccc2ccccc12)C[NH+]1C[C@@H](C)C[C@H](C)C1. The molecule has 0 spiro atoms. The molecule has 0 saturated carbocycles. The third kappa shape index (κ3) is 4.26. The second-order valence-corrected chi connectivity index (χ2v) is 7.70. The van der Waals surface area contributed by atoms with E-state index in [-0.39, 0.29) is 0 Å². The fourth-order valence-corrected chi connectivity index (χ4v) is 4.19. The first-order chi connectivity index (χ1) is 11.1. The smallest absolute Gasteiger partial charge is 0.127 e. The van der Waals surface area contributed by atoms with Gasteiger partial charge in [-0.25, -0.2) is 0 Å². The van der Waals surface area contributed by atoms with E-state index in [1.54, 1.807) is 4.90 Å². The minimum atomic E-state index is 0.585. The Labute approximate surface area is 140 Å². The maximum Gasteiger partial charge on any atom is 0.127 e. The first-order valence-corrected chi connectivity index (χ1v) is 9.06. The Morgan fingerprint density at radius 2 is 1.74 bits per heavy atom. The standard InChI is InChI=1S/C21H29NO/c1-16-11-17(2)13-22(12-16)14-18(3)15-23-21-10-6-8-19-7-4-5-9-20(19)21/h4-10,16-18H,11-15H2,1-3H3/p+1/t16-,17-,18+/m0/s1. The Morgan fingerprint density at radius 1 is 1.04 bits per heavy atom. The third-order valence-corrected chi connectivity index (χ3v) is 4.99. The molecular weight excluding hydrogens is 282 g/mol. The fourth-order valence-electron chi connectivity index (χ4n) is 4.19. The predicted octanol–water partition coefficient (Wildman–Crippen LogP) is 3.42. The molecule has 2 heteroatoms. The largest absolute Gasteiger partial charge is 0.492 e. The Balaban J connectivity index is 1.57. The Morgan fingerprint density at radius 3 is 2.52 bits per heavy atom. The van der Waals surface area contributed by atoms with E-state index in [4.69, 9.17) is 4.74 Å². The van der Waals surface area contributed by atoms with Gasteiger partial charge in [-0.05, 0) is 17.9 Å². The third-order valence-electron chi connectivity index (χ3n) is 4.99. The zero-order chi connectivity index (χ0) is 16.2. The lowest BCUT2D eigenvalue weighted by Gasteiger charge is -2.33. The number of likely N-dealkylation sites (tertiary alicyclic amines) is 1. The van der Waals surface area contributed by atoms with Gasteiger partial charge in [0.05, 0.1) is 26.2 Å². The first kappa shape index (κ1) is 16.3. The lowest BCUT2D eigenvalue weighted by Crippen LogP contribution is -3.15. The molecule has 1 saturated heterocycles.